The SMILES string of the molecule is Cc1ccc(C(=Nc2ccc(Cl)cc2)NNS(=O)(=O)c2ccccc2)cc1. The van der Waals surface area contributed by atoms with Crippen molar-refractivity contribution >= 4 is 33.1 Å². The topological polar surface area (TPSA) is 70.6 Å². The molecule has 0 bridgehead atoms. The summed E-state index contributed by atoms with van der Waals surface area (Å²) in [6.45, 7) is 1.98. The zero-order chi connectivity index (χ0) is 19.3. The molecule has 0 saturated heterocycles. The maximum Gasteiger partial charge on any atom is 0.257 e. The highest BCUT2D eigenvalue weighted by molar-refractivity contribution is 7.89. The number of sulfonamides is 1. The molecule has 0 amide bonds. The van der Waals surface area contributed by atoms with Gasteiger partial charge in [-0.1, -0.05) is 59.6 Å². The van der Waals surface area contributed by atoms with Gasteiger partial charge < -0.3 is 0 Å². The molecule has 0 aliphatic rings. The third kappa shape index (κ3) is 5.17. The van der Waals surface area contributed by atoms with Gasteiger partial charge in [-0.15, -0.1) is 4.83 Å². The van der Waals surface area contributed by atoms with E-state index in [2.05, 4.69) is 15.2 Å². The Balaban J connectivity index is 1.90. The van der Waals surface area contributed by atoms with Gasteiger partial charge in [-0.05, 0) is 43.3 Å². The fourth-order valence-electron chi connectivity index (χ4n) is 2.29. The molecule has 0 aromatic heterocycles. The van der Waals surface area contributed by atoms with E-state index < -0.39 is 10.0 Å². The maximum absolute atomic E-state index is 12.5. The van der Waals surface area contributed by atoms with Gasteiger partial charge in [0.05, 0.1) is 10.6 Å². The Bertz CT molecular complexity index is 1030. The number of hydrogen-bond acceptors (Lipinski definition) is 3. The lowest BCUT2D eigenvalue weighted by molar-refractivity contribution is 0.577. The van der Waals surface area contributed by atoms with Crippen LogP contribution in [0.2, 0.25) is 5.02 Å². The number of benzene rings is 3. The van der Waals surface area contributed by atoms with Crippen molar-refractivity contribution < 1.29 is 8.42 Å². The van der Waals surface area contributed by atoms with Crippen molar-refractivity contribution in [2.45, 2.75) is 11.8 Å². The molecule has 7 heteroatoms. The normalized spacial score (nSPS) is 12.0. The smallest absolute Gasteiger partial charge is 0.257 e. The van der Waals surface area contributed by atoms with Gasteiger partial charge in [-0.3, -0.25) is 5.43 Å². The third-order valence-corrected chi connectivity index (χ3v) is 5.27. The maximum atomic E-state index is 12.5. The second-order valence-electron chi connectivity index (χ2n) is 5.85. The van der Waals surface area contributed by atoms with Crippen molar-refractivity contribution in [2.24, 2.45) is 4.99 Å². The van der Waals surface area contributed by atoms with Crippen LogP contribution in [0.4, 0.5) is 5.69 Å². The summed E-state index contributed by atoms with van der Waals surface area (Å²) < 4.78 is 24.9. The van der Waals surface area contributed by atoms with Gasteiger partial charge in [0, 0.05) is 10.6 Å². The van der Waals surface area contributed by atoms with Gasteiger partial charge in [0.2, 0.25) is 0 Å². The summed E-state index contributed by atoms with van der Waals surface area (Å²) in [4.78, 5) is 7.06. The van der Waals surface area contributed by atoms with Gasteiger partial charge >= 0.3 is 0 Å². The zero-order valence-corrected chi connectivity index (χ0v) is 16.1. The summed E-state index contributed by atoms with van der Waals surface area (Å²) in [5.74, 6) is 0.372. The summed E-state index contributed by atoms with van der Waals surface area (Å²) >= 11 is 5.92. The number of halogens is 1. The Hall–Kier alpha value is -2.67. The molecule has 2 N–H and O–H groups in total. The number of amidine groups is 1. The van der Waals surface area contributed by atoms with Gasteiger partial charge in [0.25, 0.3) is 10.0 Å². The van der Waals surface area contributed by atoms with E-state index >= 15 is 0 Å². The van der Waals surface area contributed by atoms with E-state index in [4.69, 9.17) is 11.6 Å². The minimum atomic E-state index is -3.73. The Labute approximate surface area is 163 Å². The van der Waals surface area contributed by atoms with E-state index in [0.29, 0.717) is 16.5 Å². The fourth-order valence-corrected chi connectivity index (χ4v) is 3.29. The first kappa shape index (κ1) is 19.1. The van der Waals surface area contributed by atoms with Crippen molar-refractivity contribution in [3.8, 4) is 0 Å². The summed E-state index contributed by atoms with van der Waals surface area (Å²) in [5, 5.41) is 0.601. The summed E-state index contributed by atoms with van der Waals surface area (Å²) in [6.07, 6.45) is 0. The molecule has 138 valence electrons. The second kappa shape index (κ2) is 8.35. The van der Waals surface area contributed by atoms with Crippen LogP contribution in [0.5, 0.6) is 0 Å². The van der Waals surface area contributed by atoms with E-state index in [0.717, 1.165) is 11.1 Å². The molecule has 0 aliphatic carbocycles. The van der Waals surface area contributed by atoms with E-state index in [1.807, 2.05) is 31.2 Å². The predicted molar refractivity (Wildman–Crippen MR) is 109 cm³/mol. The van der Waals surface area contributed by atoms with Crippen LogP contribution in [0.3, 0.4) is 0 Å². The summed E-state index contributed by atoms with van der Waals surface area (Å²) in [7, 11) is -3.73. The lowest BCUT2D eigenvalue weighted by atomic mass is 10.1. The van der Waals surface area contributed by atoms with Crippen molar-refractivity contribution in [1.82, 2.24) is 10.3 Å². The van der Waals surface area contributed by atoms with Crippen LogP contribution in [0, 0.1) is 6.92 Å². The standard InChI is InChI=1S/C20H18ClN3O2S/c1-15-7-9-16(10-8-15)20(22-18-13-11-17(21)12-14-18)23-24-27(25,26)19-5-3-2-4-6-19/h2-14,24H,1H3,(H,22,23). The molecule has 3 aromatic carbocycles. The lowest BCUT2D eigenvalue weighted by Crippen LogP contribution is -2.42. The number of rotatable bonds is 5. The van der Waals surface area contributed by atoms with Crippen LogP contribution in [-0.4, -0.2) is 14.3 Å². The first-order chi connectivity index (χ1) is 12.9. The van der Waals surface area contributed by atoms with E-state index in [1.54, 1.807) is 42.5 Å². The van der Waals surface area contributed by atoms with Crippen LogP contribution in [0.15, 0.2) is 88.8 Å². The van der Waals surface area contributed by atoms with Gasteiger partial charge in [-0.2, -0.15) is 0 Å². The van der Waals surface area contributed by atoms with E-state index in [9.17, 15) is 8.42 Å². The highest BCUT2D eigenvalue weighted by Gasteiger charge is 2.14. The van der Waals surface area contributed by atoms with Crippen LogP contribution in [0.25, 0.3) is 0 Å². The Morgan fingerprint density at radius 2 is 1.52 bits per heavy atom. The lowest BCUT2D eigenvalue weighted by Gasteiger charge is -2.12. The number of hydrogen-bond donors (Lipinski definition) is 2. The first-order valence-electron chi connectivity index (χ1n) is 8.18. The Kier molecular flexibility index (Phi) is 5.91. The molecule has 0 heterocycles. The van der Waals surface area contributed by atoms with Crippen molar-refractivity contribution in [3.05, 3.63) is 95.0 Å². The molecular formula is C20H18ClN3O2S. The third-order valence-electron chi connectivity index (χ3n) is 3.75. The van der Waals surface area contributed by atoms with Crippen molar-refractivity contribution in [3.63, 3.8) is 0 Å². The molecule has 0 saturated carbocycles. The second-order valence-corrected chi connectivity index (χ2v) is 7.97. The Morgan fingerprint density at radius 1 is 0.889 bits per heavy atom. The molecule has 3 aromatic rings. The van der Waals surface area contributed by atoms with Crippen LogP contribution >= 0.6 is 11.6 Å². The Morgan fingerprint density at radius 3 is 2.15 bits per heavy atom. The van der Waals surface area contributed by atoms with Gasteiger partial charge in [0.15, 0.2) is 0 Å². The number of hydrazine groups is 1. The molecular weight excluding hydrogens is 382 g/mol. The number of nitrogens with zero attached hydrogens (tertiary/aromatic N) is 1. The molecule has 0 unspecified atom stereocenters. The van der Waals surface area contributed by atoms with Gasteiger partial charge in [-0.25, -0.2) is 13.4 Å². The average molecular weight is 400 g/mol. The van der Waals surface area contributed by atoms with Crippen molar-refractivity contribution in [1.29, 1.82) is 0 Å². The summed E-state index contributed by atoms with van der Waals surface area (Å²) in [6, 6.07) is 22.7. The van der Waals surface area contributed by atoms with Gasteiger partial charge in [0.1, 0.15) is 5.84 Å². The van der Waals surface area contributed by atoms with E-state index in [-0.39, 0.29) is 4.90 Å². The molecule has 0 aliphatic heterocycles. The summed E-state index contributed by atoms with van der Waals surface area (Å²) in [5.41, 5.74) is 5.21. The molecule has 27 heavy (non-hydrogen) atoms. The molecule has 0 spiro atoms. The molecule has 5 nitrogen and oxygen atoms in total. The highest BCUT2D eigenvalue weighted by Crippen LogP contribution is 2.17. The minimum absolute atomic E-state index is 0.159. The fraction of sp³-hybridized carbons (Fsp3) is 0.0500. The highest BCUT2D eigenvalue weighted by atomic mass is 35.5. The van der Waals surface area contributed by atoms with Crippen molar-refractivity contribution in [2.75, 3.05) is 0 Å². The molecule has 0 atom stereocenters. The van der Waals surface area contributed by atoms with Crippen LogP contribution < -0.4 is 10.3 Å². The van der Waals surface area contributed by atoms with Crippen LogP contribution in [-0.2, 0) is 10.0 Å². The quantitative estimate of drug-likeness (QED) is 0.383. The first-order valence-corrected chi connectivity index (χ1v) is 10.0. The largest absolute Gasteiger partial charge is 0.291 e. The number of aliphatic imine (C=N–C) groups is 1. The molecule has 0 fully saturated rings. The molecule has 0 radical (unpaired) electrons. The van der Waals surface area contributed by atoms with E-state index in [1.165, 1.54) is 12.1 Å². The minimum Gasteiger partial charge on any atom is -0.291 e. The number of aryl methyl sites for hydroxylation is 1. The molecule has 3 rings (SSSR count). The number of nitrogens with one attached hydrogen (secondary N) is 2. The average Bonchev–Trinajstić information content (AvgIpc) is 2.68. The predicted octanol–water partition coefficient (Wildman–Crippen LogP) is 4.21. The zero-order valence-electron chi connectivity index (χ0n) is 14.6. The monoisotopic (exact) mass is 399 g/mol. The van der Waals surface area contributed by atoms with Crippen LogP contribution in [0.1, 0.15) is 11.1 Å².